The average molecular weight is 508 g/mol. The molecule has 2 aliphatic heterocycles. The Labute approximate surface area is 193 Å². The van der Waals surface area contributed by atoms with Gasteiger partial charge in [0.25, 0.3) is 6.47 Å². The van der Waals surface area contributed by atoms with Crippen molar-refractivity contribution in [3.8, 4) is 0 Å². The van der Waals surface area contributed by atoms with Crippen LogP contribution >= 0.6 is 28.1 Å². The lowest BCUT2D eigenvalue weighted by Gasteiger charge is -2.28. The first-order chi connectivity index (χ1) is 15.4. The number of rotatable bonds is 7. The van der Waals surface area contributed by atoms with Crippen LogP contribution in [-0.2, 0) is 14.3 Å². The maximum Gasteiger partial charge on any atom is 0.292 e. The minimum Gasteiger partial charge on any atom is -0.471 e. The molecule has 2 saturated heterocycles. The average Bonchev–Trinajstić information content (AvgIpc) is 3.40. The molecule has 14 heteroatoms. The molecule has 2 aromatic rings. The van der Waals surface area contributed by atoms with E-state index in [4.69, 9.17) is 30.9 Å². The molecule has 2 fully saturated rings. The lowest BCUT2D eigenvalue weighted by Crippen LogP contribution is -2.30. The molecule has 32 heavy (non-hydrogen) atoms. The van der Waals surface area contributed by atoms with Gasteiger partial charge in [-0.25, -0.2) is 4.68 Å². The summed E-state index contributed by atoms with van der Waals surface area (Å²) in [6, 6.07) is 0. The number of carbonyl (C=O) groups excluding carboxylic acids is 1. The van der Waals surface area contributed by atoms with Crippen LogP contribution in [0.5, 0.6) is 0 Å². The number of ether oxygens (including phenoxy) is 2. The summed E-state index contributed by atoms with van der Waals surface area (Å²) in [6.45, 7) is 2.28. The zero-order valence-corrected chi connectivity index (χ0v) is 20.3. The van der Waals surface area contributed by atoms with Crippen LogP contribution in [-0.4, -0.2) is 79.3 Å². The molecule has 0 saturated carbocycles. The third kappa shape index (κ3) is 6.67. The molecule has 0 aromatic carbocycles. The molecular formula is C18H28ClN5O6P2. The molecule has 3 atom stereocenters. The lowest BCUT2D eigenvalue weighted by atomic mass is 10.1. The van der Waals surface area contributed by atoms with Crippen molar-refractivity contribution in [2.75, 3.05) is 37.2 Å². The minimum absolute atomic E-state index is 0.0436. The summed E-state index contributed by atoms with van der Waals surface area (Å²) in [5.74, 6) is 0.871. The summed E-state index contributed by atoms with van der Waals surface area (Å²) in [6.07, 6.45) is 6.82. The normalized spacial score (nSPS) is 22.0. The van der Waals surface area contributed by atoms with Crippen LogP contribution in [0.3, 0.4) is 0 Å². The highest BCUT2D eigenvalue weighted by Gasteiger charge is 2.31. The Morgan fingerprint density at radius 2 is 1.97 bits per heavy atom. The standard InChI is InChI=1S/C16H24ClN5O4P2.C2H4O2/c17-16-19-14(21-6-2-1-3-7-21)12-8-18-22(15(12)20-16)13-5-4-11(26-13)9-27(23)10-28(24)25;1-4-2-3/h8,11,13,23-25H,1-7,9-10H2;2H,1H3. The molecule has 0 bridgehead atoms. The van der Waals surface area contributed by atoms with Crippen molar-refractivity contribution >= 4 is 51.4 Å². The third-order valence-electron chi connectivity index (χ3n) is 5.22. The van der Waals surface area contributed by atoms with Crippen LogP contribution < -0.4 is 4.90 Å². The fourth-order valence-electron chi connectivity index (χ4n) is 3.88. The van der Waals surface area contributed by atoms with Gasteiger partial charge in [-0.05, 0) is 43.7 Å². The molecular weight excluding hydrogens is 480 g/mol. The van der Waals surface area contributed by atoms with Gasteiger partial charge in [0.2, 0.25) is 5.28 Å². The molecule has 3 unspecified atom stereocenters. The fourth-order valence-corrected chi connectivity index (χ4v) is 6.41. The van der Waals surface area contributed by atoms with Gasteiger partial charge in [-0.15, -0.1) is 0 Å². The number of carbonyl (C=O) groups is 1. The van der Waals surface area contributed by atoms with Crippen molar-refractivity contribution in [1.29, 1.82) is 0 Å². The zero-order chi connectivity index (χ0) is 23.1. The molecule has 178 valence electrons. The first kappa shape index (κ1) is 25.4. The van der Waals surface area contributed by atoms with Gasteiger partial charge in [-0.1, -0.05) is 0 Å². The van der Waals surface area contributed by atoms with Crippen molar-refractivity contribution in [2.45, 2.75) is 44.4 Å². The summed E-state index contributed by atoms with van der Waals surface area (Å²) in [7, 11) is -2.20. The Morgan fingerprint density at radius 1 is 1.25 bits per heavy atom. The zero-order valence-electron chi connectivity index (χ0n) is 17.7. The van der Waals surface area contributed by atoms with E-state index in [1.54, 1.807) is 10.9 Å². The van der Waals surface area contributed by atoms with E-state index in [-0.39, 0.29) is 23.5 Å². The van der Waals surface area contributed by atoms with Crippen molar-refractivity contribution in [2.24, 2.45) is 0 Å². The van der Waals surface area contributed by atoms with E-state index >= 15 is 0 Å². The van der Waals surface area contributed by atoms with Gasteiger partial charge in [0, 0.05) is 27.4 Å². The molecule has 2 aliphatic rings. The second-order valence-electron chi connectivity index (χ2n) is 7.52. The number of fused-ring (bicyclic) bond motifs is 1. The number of anilines is 1. The molecule has 11 nitrogen and oxygen atoms in total. The quantitative estimate of drug-likeness (QED) is 0.290. The highest BCUT2D eigenvalue weighted by atomic mass is 35.5. The molecule has 2 aromatic heterocycles. The Balaban J connectivity index is 0.000000668. The summed E-state index contributed by atoms with van der Waals surface area (Å²) in [5.41, 5.74) is 0.659. The van der Waals surface area contributed by atoms with E-state index in [0.717, 1.165) is 50.0 Å². The Kier molecular flexibility index (Phi) is 9.79. The van der Waals surface area contributed by atoms with Crippen LogP contribution in [0.2, 0.25) is 5.28 Å². The first-order valence-electron chi connectivity index (χ1n) is 10.3. The van der Waals surface area contributed by atoms with Gasteiger partial charge in [0.1, 0.15) is 5.82 Å². The van der Waals surface area contributed by atoms with Crippen molar-refractivity contribution < 1.29 is 28.9 Å². The summed E-state index contributed by atoms with van der Waals surface area (Å²) in [5, 5.41) is 5.57. The van der Waals surface area contributed by atoms with Crippen molar-refractivity contribution in [3.05, 3.63) is 11.5 Å². The Morgan fingerprint density at radius 3 is 2.62 bits per heavy atom. The Bertz CT molecular complexity index is 885. The van der Waals surface area contributed by atoms with E-state index in [2.05, 4.69) is 24.7 Å². The largest absolute Gasteiger partial charge is 0.471 e. The van der Waals surface area contributed by atoms with Gasteiger partial charge in [0.05, 0.1) is 30.7 Å². The molecule has 3 N–H and O–H groups in total. The second-order valence-corrected chi connectivity index (χ2v) is 11.1. The summed E-state index contributed by atoms with van der Waals surface area (Å²) >= 11 is 6.22. The number of hydrogen-bond donors (Lipinski definition) is 3. The van der Waals surface area contributed by atoms with Gasteiger partial charge >= 0.3 is 0 Å². The van der Waals surface area contributed by atoms with Crippen molar-refractivity contribution in [1.82, 2.24) is 19.7 Å². The monoisotopic (exact) mass is 507 g/mol. The smallest absolute Gasteiger partial charge is 0.292 e. The van der Waals surface area contributed by atoms with E-state index in [9.17, 15) is 4.89 Å². The molecule has 0 radical (unpaired) electrons. The van der Waals surface area contributed by atoms with Crippen LogP contribution in [0, 0.1) is 0 Å². The van der Waals surface area contributed by atoms with E-state index < -0.39 is 16.5 Å². The number of nitrogens with zero attached hydrogens (tertiary/aromatic N) is 5. The van der Waals surface area contributed by atoms with Crippen molar-refractivity contribution in [3.63, 3.8) is 0 Å². The minimum atomic E-state index is -2.08. The molecule has 0 aliphatic carbocycles. The molecule has 4 rings (SSSR count). The van der Waals surface area contributed by atoms with E-state index in [0.29, 0.717) is 18.3 Å². The highest BCUT2D eigenvalue weighted by molar-refractivity contribution is 7.66. The predicted octanol–water partition coefficient (Wildman–Crippen LogP) is 2.58. The number of aromatic nitrogens is 4. The summed E-state index contributed by atoms with van der Waals surface area (Å²) < 4.78 is 11.7. The third-order valence-corrected chi connectivity index (χ3v) is 8.54. The Hall–Kier alpha value is -1.19. The van der Waals surface area contributed by atoms with E-state index in [1.807, 2.05) is 0 Å². The van der Waals surface area contributed by atoms with E-state index in [1.165, 1.54) is 13.5 Å². The van der Waals surface area contributed by atoms with Gasteiger partial charge in [-0.3, -0.25) is 4.79 Å². The molecule has 4 heterocycles. The van der Waals surface area contributed by atoms with Gasteiger partial charge in [-0.2, -0.15) is 15.1 Å². The molecule has 0 spiro atoms. The number of piperidine rings is 1. The molecule has 0 amide bonds. The summed E-state index contributed by atoms with van der Waals surface area (Å²) in [4.78, 5) is 48.2. The van der Waals surface area contributed by atoms with Gasteiger partial charge in [0.15, 0.2) is 20.3 Å². The van der Waals surface area contributed by atoms with Crippen LogP contribution in [0.25, 0.3) is 11.0 Å². The number of hydrogen-bond acceptors (Lipinski definition) is 10. The SMILES string of the molecule is COC=O.OP(O)CP(O)CC1CCC(n2ncc3c(N4CCCCC4)nc(Cl)nc32)O1. The number of halogens is 1. The van der Waals surface area contributed by atoms with Crippen LogP contribution in [0.4, 0.5) is 5.82 Å². The van der Waals surface area contributed by atoms with Gasteiger partial charge < -0.3 is 29.1 Å². The predicted molar refractivity (Wildman–Crippen MR) is 123 cm³/mol. The van der Waals surface area contributed by atoms with Crippen LogP contribution in [0.1, 0.15) is 38.3 Å². The maximum atomic E-state index is 10.0. The first-order valence-corrected chi connectivity index (χ1v) is 13.8. The second kappa shape index (κ2) is 12.3. The highest BCUT2D eigenvalue weighted by Crippen LogP contribution is 2.46. The number of methoxy groups -OCH3 is 1. The maximum absolute atomic E-state index is 10.0. The lowest BCUT2D eigenvalue weighted by molar-refractivity contribution is -0.126. The topological polar surface area (TPSA) is 143 Å². The van der Waals surface area contributed by atoms with Crippen LogP contribution in [0.15, 0.2) is 6.20 Å². The fraction of sp³-hybridized carbons (Fsp3) is 0.667.